The van der Waals surface area contributed by atoms with Crippen molar-refractivity contribution in [3.63, 3.8) is 0 Å². The van der Waals surface area contributed by atoms with Crippen LogP contribution in [0.3, 0.4) is 0 Å². The second-order valence-electron chi connectivity index (χ2n) is 8.69. The lowest BCUT2D eigenvalue weighted by atomic mass is 9.78. The Bertz CT molecular complexity index is 458. The van der Waals surface area contributed by atoms with Crippen molar-refractivity contribution in [2.24, 2.45) is 10.4 Å². The van der Waals surface area contributed by atoms with Gasteiger partial charge in [-0.15, -0.1) is 0 Å². The number of hydrogen-bond donors (Lipinski definition) is 2. The SMILES string of the molecule is CC1(C)CC([NH+]2CCCCC2)=CC(=NCCC[NH+]2CCOCC2)C1. The summed E-state index contributed by atoms with van der Waals surface area (Å²) in [5, 5.41) is 0. The minimum atomic E-state index is 0.378. The Hall–Kier alpha value is -0.710. The molecule has 2 aliphatic heterocycles. The molecule has 0 amide bonds. The predicted octanol–water partition coefficient (Wildman–Crippen LogP) is 0.505. The highest BCUT2D eigenvalue weighted by Crippen LogP contribution is 2.32. The van der Waals surface area contributed by atoms with Crippen LogP contribution in [0.5, 0.6) is 0 Å². The molecular weight excluding hydrogens is 298 g/mol. The third-order valence-electron chi connectivity index (χ3n) is 5.78. The van der Waals surface area contributed by atoms with E-state index >= 15 is 0 Å². The number of piperidine rings is 1. The molecule has 0 unspecified atom stereocenters. The third-order valence-corrected chi connectivity index (χ3v) is 5.78. The molecule has 0 saturated carbocycles. The molecule has 136 valence electrons. The van der Waals surface area contributed by atoms with Gasteiger partial charge >= 0.3 is 0 Å². The van der Waals surface area contributed by atoms with Crippen molar-refractivity contribution in [1.29, 1.82) is 0 Å². The summed E-state index contributed by atoms with van der Waals surface area (Å²) in [6, 6.07) is 0. The van der Waals surface area contributed by atoms with E-state index in [4.69, 9.17) is 9.73 Å². The lowest BCUT2D eigenvalue weighted by molar-refractivity contribution is -0.908. The van der Waals surface area contributed by atoms with E-state index in [2.05, 4.69) is 19.9 Å². The second-order valence-corrected chi connectivity index (χ2v) is 8.69. The third kappa shape index (κ3) is 5.40. The van der Waals surface area contributed by atoms with Gasteiger partial charge in [0.25, 0.3) is 0 Å². The second kappa shape index (κ2) is 8.59. The van der Waals surface area contributed by atoms with Crippen LogP contribution in [0, 0.1) is 5.41 Å². The van der Waals surface area contributed by atoms with Gasteiger partial charge in [0.1, 0.15) is 18.8 Å². The minimum Gasteiger partial charge on any atom is -0.370 e. The Labute approximate surface area is 147 Å². The van der Waals surface area contributed by atoms with Gasteiger partial charge in [-0.25, -0.2) is 0 Å². The number of hydrogen-bond acceptors (Lipinski definition) is 2. The summed E-state index contributed by atoms with van der Waals surface area (Å²) in [6.45, 7) is 13.9. The molecule has 0 aromatic carbocycles. The lowest BCUT2D eigenvalue weighted by Gasteiger charge is -2.34. The van der Waals surface area contributed by atoms with Crippen LogP contribution in [-0.4, -0.2) is 58.2 Å². The molecule has 0 radical (unpaired) electrons. The van der Waals surface area contributed by atoms with Crippen LogP contribution >= 0.6 is 0 Å². The van der Waals surface area contributed by atoms with Gasteiger partial charge in [-0.2, -0.15) is 0 Å². The Balaban J connectivity index is 1.53. The standard InChI is InChI=1S/C20H35N3O/c1-20(2)16-18(15-19(17-20)23-9-4-3-5-10-23)21-7-6-8-22-11-13-24-14-12-22/h15H,3-14,16-17H2,1-2H3/p+2. The molecule has 2 fully saturated rings. The zero-order chi connectivity index (χ0) is 16.8. The molecule has 0 aromatic rings. The zero-order valence-corrected chi connectivity index (χ0v) is 15.8. The molecular formula is C20H37N3O+2. The largest absolute Gasteiger partial charge is 0.370 e. The molecule has 2 saturated heterocycles. The maximum atomic E-state index is 5.44. The number of allylic oxidation sites excluding steroid dienone is 2. The highest BCUT2D eigenvalue weighted by molar-refractivity contribution is 5.96. The van der Waals surface area contributed by atoms with Crippen molar-refractivity contribution in [3.05, 3.63) is 11.8 Å². The number of likely N-dealkylation sites (tertiary alicyclic amines) is 1. The summed E-state index contributed by atoms with van der Waals surface area (Å²) in [5.41, 5.74) is 3.36. The first kappa shape index (κ1) is 18.1. The van der Waals surface area contributed by atoms with E-state index < -0.39 is 0 Å². The number of nitrogens with zero attached hydrogens (tertiary/aromatic N) is 1. The van der Waals surface area contributed by atoms with Crippen molar-refractivity contribution in [1.82, 2.24) is 0 Å². The van der Waals surface area contributed by atoms with E-state index in [0.717, 1.165) is 26.2 Å². The smallest absolute Gasteiger partial charge is 0.109 e. The molecule has 0 spiro atoms. The van der Waals surface area contributed by atoms with Gasteiger partial charge in [0.05, 0.1) is 32.8 Å². The van der Waals surface area contributed by atoms with Gasteiger partial charge < -0.3 is 14.5 Å². The summed E-state index contributed by atoms with van der Waals surface area (Å²) < 4.78 is 5.44. The van der Waals surface area contributed by atoms with Crippen LogP contribution in [0.4, 0.5) is 0 Å². The molecule has 2 N–H and O–H groups in total. The Morgan fingerprint density at radius 3 is 2.54 bits per heavy atom. The summed E-state index contributed by atoms with van der Waals surface area (Å²) in [4.78, 5) is 8.42. The quantitative estimate of drug-likeness (QED) is 0.705. The van der Waals surface area contributed by atoms with E-state index in [1.165, 1.54) is 70.5 Å². The number of ether oxygens (including phenoxy) is 1. The van der Waals surface area contributed by atoms with Crippen LogP contribution in [-0.2, 0) is 4.74 Å². The molecule has 2 heterocycles. The van der Waals surface area contributed by atoms with Gasteiger partial charge in [0, 0.05) is 31.2 Å². The summed E-state index contributed by atoms with van der Waals surface area (Å²) in [5.74, 6) is 0. The predicted molar refractivity (Wildman–Crippen MR) is 98.9 cm³/mol. The molecule has 1 aliphatic carbocycles. The number of rotatable bonds is 5. The maximum Gasteiger partial charge on any atom is 0.109 e. The first-order valence-corrected chi connectivity index (χ1v) is 10.1. The van der Waals surface area contributed by atoms with E-state index in [-0.39, 0.29) is 0 Å². The number of morpholine rings is 1. The molecule has 3 aliphatic rings. The van der Waals surface area contributed by atoms with Crippen molar-refractivity contribution in [2.45, 2.75) is 52.4 Å². The normalized spacial score (nSPS) is 28.1. The zero-order valence-electron chi connectivity index (χ0n) is 15.8. The van der Waals surface area contributed by atoms with Crippen LogP contribution in [0.1, 0.15) is 52.4 Å². The van der Waals surface area contributed by atoms with Crippen molar-refractivity contribution in [3.8, 4) is 0 Å². The molecule has 4 heteroatoms. The van der Waals surface area contributed by atoms with E-state index in [0.29, 0.717) is 5.41 Å². The Morgan fingerprint density at radius 2 is 1.79 bits per heavy atom. The molecule has 24 heavy (non-hydrogen) atoms. The molecule has 0 atom stereocenters. The van der Waals surface area contributed by atoms with Crippen LogP contribution in [0.25, 0.3) is 0 Å². The summed E-state index contributed by atoms with van der Waals surface area (Å²) in [7, 11) is 0. The molecule has 0 bridgehead atoms. The van der Waals surface area contributed by atoms with E-state index in [1.54, 1.807) is 15.5 Å². The van der Waals surface area contributed by atoms with Gasteiger partial charge in [0.2, 0.25) is 0 Å². The van der Waals surface area contributed by atoms with Crippen molar-refractivity contribution >= 4 is 5.71 Å². The highest BCUT2D eigenvalue weighted by Gasteiger charge is 2.32. The van der Waals surface area contributed by atoms with E-state index in [9.17, 15) is 0 Å². The fourth-order valence-electron chi connectivity index (χ4n) is 4.46. The Kier molecular flexibility index (Phi) is 6.48. The van der Waals surface area contributed by atoms with Crippen LogP contribution < -0.4 is 9.80 Å². The summed E-state index contributed by atoms with van der Waals surface area (Å²) in [6.07, 6.45) is 10.3. The van der Waals surface area contributed by atoms with E-state index in [1.807, 2.05) is 0 Å². The first-order valence-electron chi connectivity index (χ1n) is 10.1. The van der Waals surface area contributed by atoms with Gasteiger partial charge in [0.15, 0.2) is 0 Å². The molecule has 4 nitrogen and oxygen atoms in total. The maximum absolute atomic E-state index is 5.44. The summed E-state index contributed by atoms with van der Waals surface area (Å²) >= 11 is 0. The van der Waals surface area contributed by atoms with Crippen molar-refractivity contribution < 1.29 is 14.5 Å². The van der Waals surface area contributed by atoms with Crippen LogP contribution in [0.15, 0.2) is 16.8 Å². The van der Waals surface area contributed by atoms with Crippen LogP contribution in [0.2, 0.25) is 0 Å². The Morgan fingerprint density at radius 1 is 1.04 bits per heavy atom. The monoisotopic (exact) mass is 335 g/mol. The number of aliphatic imine (C=N–C) groups is 1. The minimum absolute atomic E-state index is 0.378. The average molecular weight is 336 g/mol. The van der Waals surface area contributed by atoms with Gasteiger partial charge in [-0.1, -0.05) is 13.8 Å². The molecule has 0 aromatic heterocycles. The topological polar surface area (TPSA) is 30.5 Å². The molecule has 3 rings (SSSR count). The fourth-order valence-corrected chi connectivity index (χ4v) is 4.46. The number of quaternary nitrogens is 2. The number of nitrogens with one attached hydrogen (secondary N) is 2. The van der Waals surface area contributed by atoms with Gasteiger partial charge in [-0.05, 0) is 31.1 Å². The highest BCUT2D eigenvalue weighted by atomic mass is 16.5. The lowest BCUT2D eigenvalue weighted by Crippen LogP contribution is -3.14. The van der Waals surface area contributed by atoms with Crippen molar-refractivity contribution in [2.75, 3.05) is 52.5 Å². The first-order chi connectivity index (χ1) is 11.6. The fraction of sp³-hybridized carbons (Fsp3) is 0.850. The average Bonchev–Trinajstić information content (AvgIpc) is 2.59. The van der Waals surface area contributed by atoms with Gasteiger partial charge in [-0.3, -0.25) is 4.99 Å².